The molecule has 3 N–H and O–H groups in total. The lowest BCUT2D eigenvalue weighted by atomic mass is 10.0. The van der Waals surface area contributed by atoms with Gasteiger partial charge in [0.05, 0.1) is 0 Å². The van der Waals surface area contributed by atoms with Crippen LogP contribution in [0.15, 0.2) is 24.5 Å². The summed E-state index contributed by atoms with van der Waals surface area (Å²) in [5, 5.41) is 2.72. The fraction of sp³-hybridized carbons (Fsp3) is 0.333. The van der Waals surface area contributed by atoms with Crippen LogP contribution in [0.2, 0.25) is 0 Å². The Morgan fingerprint density at radius 3 is 2.47 bits per heavy atom. The van der Waals surface area contributed by atoms with Gasteiger partial charge < -0.3 is 5.32 Å². The first-order chi connectivity index (χ1) is 9.16. The fourth-order valence-corrected chi connectivity index (χ4v) is 1.74. The molecule has 7 nitrogen and oxygen atoms in total. The van der Waals surface area contributed by atoms with Crippen LogP contribution < -0.4 is 16.2 Å². The van der Waals surface area contributed by atoms with Crippen molar-refractivity contribution in [2.24, 2.45) is 5.92 Å². The number of hydrazine groups is 1. The van der Waals surface area contributed by atoms with E-state index in [2.05, 4.69) is 21.2 Å². The number of amides is 3. The average molecular weight is 262 g/mol. The van der Waals surface area contributed by atoms with Crippen molar-refractivity contribution in [2.75, 3.05) is 0 Å². The molecule has 1 aliphatic rings. The Morgan fingerprint density at radius 2 is 1.84 bits per heavy atom. The third-order valence-electron chi connectivity index (χ3n) is 2.84. The predicted octanol–water partition coefficient (Wildman–Crippen LogP) is -0.745. The Morgan fingerprint density at radius 1 is 1.21 bits per heavy atom. The van der Waals surface area contributed by atoms with E-state index in [1.165, 1.54) is 0 Å². The molecular weight excluding hydrogens is 248 g/mol. The SMILES string of the molecule is O=C(CCC1C(=O)NNC1=O)NCc1ccncc1. The molecule has 1 aromatic rings. The minimum absolute atomic E-state index is 0.136. The molecule has 7 heteroatoms. The Balaban J connectivity index is 1.73. The van der Waals surface area contributed by atoms with Crippen LogP contribution in [0.5, 0.6) is 0 Å². The van der Waals surface area contributed by atoms with E-state index >= 15 is 0 Å². The van der Waals surface area contributed by atoms with Crippen LogP contribution in [0.1, 0.15) is 18.4 Å². The van der Waals surface area contributed by atoms with Crippen molar-refractivity contribution < 1.29 is 14.4 Å². The number of nitrogens with zero attached hydrogens (tertiary/aromatic N) is 1. The molecule has 1 aromatic heterocycles. The molecule has 1 saturated heterocycles. The molecule has 1 aliphatic heterocycles. The monoisotopic (exact) mass is 262 g/mol. The van der Waals surface area contributed by atoms with E-state index in [-0.39, 0.29) is 30.6 Å². The van der Waals surface area contributed by atoms with Crippen molar-refractivity contribution in [3.05, 3.63) is 30.1 Å². The lowest BCUT2D eigenvalue weighted by Crippen LogP contribution is -2.28. The van der Waals surface area contributed by atoms with Crippen molar-refractivity contribution >= 4 is 17.7 Å². The maximum atomic E-state index is 11.6. The van der Waals surface area contributed by atoms with E-state index in [4.69, 9.17) is 0 Å². The molecule has 0 saturated carbocycles. The zero-order valence-electron chi connectivity index (χ0n) is 10.2. The van der Waals surface area contributed by atoms with Gasteiger partial charge in [-0.15, -0.1) is 0 Å². The number of rotatable bonds is 5. The summed E-state index contributed by atoms with van der Waals surface area (Å²) < 4.78 is 0. The molecule has 0 bridgehead atoms. The largest absolute Gasteiger partial charge is 0.352 e. The Hall–Kier alpha value is -2.44. The van der Waals surface area contributed by atoms with Gasteiger partial charge in [0, 0.05) is 25.4 Å². The van der Waals surface area contributed by atoms with Crippen LogP contribution in [0, 0.1) is 5.92 Å². The zero-order chi connectivity index (χ0) is 13.7. The van der Waals surface area contributed by atoms with Crippen molar-refractivity contribution in [1.82, 2.24) is 21.2 Å². The molecule has 100 valence electrons. The highest BCUT2D eigenvalue weighted by atomic mass is 16.2. The number of aromatic nitrogens is 1. The van der Waals surface area contributed by atoms with E-state index < -0.39 is 5.92 Å². The highest BCUT2D eigenvalue weighted by Gasteiger charge is 2.32. The Kier molecular flexibility index (Phi) is 4.07. The quantitative estimate of drug-likeness (QED) is 0.608. The number of hydrogen-bond donors (Lipinski definition) is 3. The van der Waals surface area contributed by atoms with Gasteiger partial charge >= 0.3 is 0 Å². The van der Waals surface area contributed by atoms with E-state index in [0.717, 1.165) is 5.56 Å². The van der Waals surface area contributed by atoms with Crippen LogP contribution in [0.4, 0.5) is 0 Å². The first kappa shape index (κ1) is 13.0. The number of hydrogen-bond acceptors (Lipinski definition) is 4. The average Bonchev–Trinajstić information content (AvgIpc) is 2.75. The van der Waals surface area contributed by atoms with Gasteiger partial charge in [-0.1, -0.05) is 0 Å². The van der Waals surface area contributed by atoms with Gasteiger partial charge in [-0.25, -0.2) is 0 Å². The number of pyridine rings is 1. The smallest absolute Gasteiger partial charge is 0.251 e. The molecule has 0 aromatic carbocycles. The van der Waals surface area contributed by atoms with Crippen LogP contribution in [0.3, 0.4) is 0 Å². The molecule has 19 heavy (non-hydrogen) atoms. The molecule has 3 amide bonds. The third-order valence-corrected chi connectivity index (χ3v) is 2.84. The summed E-state index contributed by atoms with van der Waals surface area (Å²) in [5.74, 6) is -1.73. The summed E-state index contributed by atoms with van der Waals surface area (Å²) in [4.78, 5) is 38.0. The van der Waals surface area contributed by atoms with Gasteiger partial charge in [0.2, 0.25) is 5.91 Å². The van der Waals surface area contributed by atoms with E-state index in [0.29, 0.717) is 6.54 Å². The summed E-state index contributed by atoms with van der Waals surface area (Å²) in [6.07, 6.45) is 3.64. The number of carbonyl (C=O) groups excluding carboxylic acids is 3. The van der Waals surface area contributed by atoms with Crippen LogP contribution in [0.25, 0.3) is 0 Å². The number of nitrogens with one attached hydrogen (secondary N) is 3. The lowest BCUT2D eigenvalue weighted by Gasteiger charge is -2.06. The van der Waals surface area contributed by atoms with Gasteiger partial charge in [-0.2, -0.15) is 0 Å². The van der Waals surface area contributed by atoms with Gasteiger partial charge in [-0.3, -0.25) is 30.2 Å². The maximum Gasteiger partial charge on any atom is 0.251 e. The van der Waals surface area contributed by atoms with Crippen LogP contribution >= 0.6 is 0 Å². The summed E-state index contributed by atoms with van der Waals surface area (Å²) >= 11 is 0. The number of carbonyl (C=O) groups is 3. The normalized spacial score (nSPS) is 14.9. The van der Waals surface area contributed by atoms with Gasteiger partial charge in [-0.05, 0) is 24.1 Å². The van der Waals surface area contributed by atoms with Crippen LogP contribution in [-0.4, -0.2) is 22.7 Å². The maximum absolute atomic E-state index is 11.6. The molecule has 0 unspecified atom stereocenters. The van der Waals surface area contributed by atoms with Crippen molar-refractivity contribution in [1.29, 1.82) is 0 Å². The van der Waals surface area contributed by atoms with Crippen LogP contribution in [-0.2, 0) is 20.9 Å². The minimum atomic E-state index is -0.772. The molecule has 0 aliphatic carbocycles. The van der Waals surface area contributed by atoms with Gasteiger partial charge in [0.15, 0.2) is 0 Å². The second kappa shape index (κ2) is 5.94. The Labute approximate surface area is 109 Å². The van der Waals surface area contributed by atoms with E-state index in [1.807, 2.05) is 0 Å². The first-order valence-electron chi connectivity index (χ1n) is 5.92. The molecule has 0 spiro atoms. The molecule has 0 radical (unpaired) electrons. The summed E-state index contributed by atoms with van der Waals surface area (Å²) in [5.41, 5.74) is 5.39. The summed E-state index contributed by atoms with van der Waals surface area (Å²) in [6, 6.07) is 3.61. The van der Waals surface area contributed by atoms with Gasteiger partial charge in [0.25, 0.3) is 11.8 Å². The lowest BCUT2D eigenvalue weighted by molar-refractivity contribution is -0.128. The Bertz CT molecular complexity index is 473. The van der Waals surface area contributed by atoms with Crippen molar-refractivity contribution in [2.45, 2.75) is 19.4 Å². The highest BCUT2D eigenvalue weighted by Crippen LogP contribution is 2.10. The minimum Gasteiger partial charge on any atom is -0.352 e. The third kappa shape index (κ3) is 3.51. The second-order valence-corrected chi connectivity index (χ2v) is 4.20. The molecular formula is C12H14N4O3. The van der Waals surface area contributed by atoms with Crippen molar-refractivity contribution in [3.8, 4) is 0 Å². The zero-order valence-corrected chi connectivity index (χ0v) is 10.2. The standard InChI is InChI=1S/C12H14N4O3/c17-10(14-7-8-3-5-13-6-4-8)2-1-9-11(18)15-16-12(9)19/h3-6,9H,1-2,7H2,(H,14,17)(H,15,18)(H,16,19). The fourth-order valence-electron chi connectivity index (χ4n) is 1.74. The first-order valence-corrected chi connectivity index (χ1v) is 5.92. The summed E-state index contributed by atoms with van der Waals surface area (Å²) in [6.45, 7) is 0.407. The second-order valence-electron chi connectivity index (χ2n) is 4.20. The van der Waals surface area contributed by atoms with Gasteiger partial charge in [0.1, 0.15) is 5.92 Å². The molecule has 1 fully saturated rings. The molecule has 0 atom stereocenters. The molecule has 2 rings (SSSR count). The van der Waals surface area contributed by atoms with Crippen molar-refractivity contribution in [3.63, 3.8) is 0 Å². The topological polar surface area (TPSA) is 100 Å². The summed E-state index contributed by atoms with van der Waals surface area (Å²) in [7, 11) is 0. The predicted molar refractivity (Wildman–Crippen MR) is 65.1 cm³/mol. The highest BCUT2D eigenvalue weighted by molar-refractivity contribution is 6.05. The molecule has 2 heterocycles. The van der Waals surface area contributed by atoms with E-state index in [9.17, 15) is 14.4 Å². The van der Waals surface area contributed by atoms with E-state index in [1.54, 1.807) is 24.5 Å².